The fraction of sp³-hybridized carbons (Fsp3) is 0.500. The maximum atomic E-state index is 11.6. The molecular formula is C14H19NO3. The molecule has 1 aromatic carbocycles. The van der Waals surface area contributed by atoms with Crippen LogP contribution in [0.4, 0.5) is 5.69 Å². The minimum Gasteiger partial charge on any atom is -0.480 e. The number of carbonyl (C=O) groups is 1. The Morgan fingerprint density at radius 3 is 2.78 bits per heavy atom. The smallest absolute Gasteiger partial charge is 0.329 e. The number of anilines is 1. The van der Waals surface area contributed by atoms with Gasteiger partial charge in [0, 0.05) is 19.2 Å². The molecule has 2 N–H and O–H groups in total. The molecular weight excluding hydrogens is 230 g/mol. The van der Waals surface area contributed by atoms with Gasteiger partial charge in [-0.1, -0.05) is 18.2 Å². The van der Waals surface area contributed by atoms with Crippen LogP contribution in [-0.2, 0) is 9.53 Å². The number of rotatable bonds is 4. The lowest BCUT2D eigenvalue weighted by molar-refractivity contribution is -0.145. The molecule has 0 aliphatic heterocycles. The van der Waals surface area contributed by atoms with E-state index in [2.05, 4.69) is 5.32 Å². The normalized spacial score (nSPS) is 27.7. The Morgan fingerprint density at radius 2 is 2.17 bits per heavy atom. The Balaban J connectivity index is 2.19. The summed E-state index contributed by atoms with van der Waals surface area (Å²) in [4.78, 5) is 11.6. The largest absolute Gasteiger partial charge is 0.480 e. The zero-order valence-electron chi connectivity index (χ0n) is 10.6. The lowest BCUT2D eigenvalue weighted by atomic mass is 9.80. The molecule has 2 rings (SSSR count). The molecule has 2 unspecified atom stereocenters. The molecule has 98 valence electrons. The van der Waals surface area contributed by atoms with Crippen molar-refractivity contribution in [2.75, 3.05) is 12.4 Å². The molecule has 0 bridgehead atoms. The number of aliphatic carboxylic acids is 1. The van der Waals surface area contributed by atoms with Crippen LogP contribution in [0.2, 0.25) is 0 Å². The van der Waals surface area contributed by atoms with Crippen molar-refractivity contribution >= 4 is 11.7 Å². The molecule has 0 amide bonds. The molecule has 4 nitrogen and oxygen atoms in total. The van der Waals surface area contributed by atoms with E-state index in [9.17, 15) is 9.90 Å². The van der Waals surface area contributed by atoms with Gasteiger partial charge in [0.25, 0.3) is 0 Å². The molecule has 0 saturated heterocycles. The lowest BCUT2D eigenvalue weighted by Crippen LogP contribution is -2.51. The maximum Gasteiger partial charge on any atom is 0.329 e. The van der Waals surface area contributed by atoms with Crippen LogP contribution in [0.25, 0.3) is 0 Å². The summed E-state index contributed by atoms with van der Waals surface area (Å²) in [7, 11) is 1.64. The Kier molecular flexibility index (Phi) is 3.87. The monoisotopic (exact) mass is 249 g/mol. The average Bonchev–Trinajstić information content (AvgIpc) is 2.40. The number of carboxylic acids is 1. The summed E-state index contributed by atoms with van der Waals surface area (Å²) in [6.07, 6.45) is 2.96. The molecule has 0 spiro atoms. The standard InChI is InChI=1S/C14H19NO3/c1-18-12-8-5-9-14(10-12,13(16)17)15-11-6-3-2-4-7-11/h2-4,6-7,12,15H,5,8-10H2,1H3,(H,16,17). The zero-order chi connectivity index (χ0) is 13.0. The summed E-state index contributed by atoms with van der Waals surface area (Å²) in [5.41, 5.74) is -0.0584. The summed E-state index contributed by atoms with van der Waals surface area (Å²) in [6.45, 7) is 0. The number of benzene rings is 1. The van der Waals surface area contributed by atoms with E-state index in [1.54, 1.807) is 7.11 Å². The minimum absolute atomic E-state index is 0.0195. The third kappa shape index (κ3) is 2.64. The van der Waals surface area contributed by atoms with Crippen LogP contribution in [0.5, 0.6) is 0 Å². The van der Waals surface area contributed by atoms with E-state index in [0.29, 0.717) is 12.8 Å². The Morgan fingerprint density at radius 1 is 1.44 bits per heavy atom. The van der Waals surface area contributed by atoms with Crippen molar-refractivity contribution in [3.05, 3.63) is 30.3 Å². The third-order valence-electron chi connectivity index (χ3n) is 3.61. The first-order valence-corrected chi connectivity index (χ1v) is 6.26. The van der Waals surface area contributed by atoms with Gasteiger partial charge in [-0.05, 0) is 31.4 Å². The van der Waals surface area contributed by atoms with Gasteiger partial charge in [-0.15, -0.1) is 0 Å². The summed E-state index contributed by atoms with van der Waals surface area (Å²) in [6, 6.07) is 9.49. The van der Waals surface area contributed by atoms with Gasteiger partial charge in [0.2, 0.25) is 0 Å². The van der Waals surface area contributed by atoms with Gasteiger partial charge >= 0.3 is 5.97 Å². The van der Waals surface area contributed by atoms with Crippen LogP contribution >= 0.6 is 0 Å². The Hall–Kier alpha value is -1.55. The number of hydrogen-bond acceptors (Lipinski definition) is 3. The van der Waals surface area contributed by atoms with Gasteiger partial charge < -0.3 is 15.2 Å². The first kappa shape index (κ1) is 12.9. The van der Waals surface area contributed by atoms with E-state index >= 15 is 0 Å². The SMILES string of the molecule is COC1CCCC(Nc2ccccc2)(C(=O)O)C1. The highest BCUT2D eigenvalue weighted by molar-refractivity contribution is 5.83. The highest BCUT2D eigenvalue weighted by Crippen LogP contribution is 2.33. The van der Waals surface area contributed by atoms with Crippen LogP contribution < -0.4 is 5.32 Å². The number of carboxylic acid groups (broad SMARTS) is 1. The fourth-order valence-corrected chi connectivity index (χ4v) is 2.58. The molecule has 0 radical (unpaired) electrons. The maximum absolute atomic E-state index is 11.6. The zero-order valence-corrected chi connectivity index (χ0v) is 10.6. The Labute approximate surface area is 107 Å². The first-order chi connectivity index (χ1) is 8.66. The van der Waals surface area contributed by atoms with Gasteiger partial charge in [0.15, 0.2) is 0 Å². The van der Waals surface area contributed by atoms with E-state index in [4.69, 9.17) is 4.74 Å². The van der Waals surface area contributed by atoms with E-state index in [1.807, 2.05) is 30.3 Å². The number of ether oxygens (including phenoxy) is 1. The molecule has 0 aromatic heterocycles. The molecule has 0 heterocycles. The predicted octanol–water partition coefficient (Wildman–Crippen LogP) is 2.51. The first-order valence-electron chi connectivity index (χ1n) is 6.26. The highest BCUT2D eigenvalue weighted by atomic mass is 16.5. The molecule has 4 heteroatoms. The Bertz CT molecular complexity index is 407. The minimum atomic E-state index is -0.902. The summed E-state index contributed by atoms with van der Waals surface area (Å²) in [5.74, 6) is -0.798. The van der Waals surface area contributed by atoms with Gasteiger partial charge in [-0.25, -0.2) is 4.79 Å². The molecule has 1 aromatic rings. The van der Waals surface area contributed by atoms with Gasteiger partial charge in [0.05, 0.1) is 6.10 Å². The fourth-order valence-electron chi connectivity index (χ4n) is 2.58. The van der Waals surface area contributed by atoms with Crippen molar-refractivity contribution in [1.29, 1.82) is 0 Å². The summed E-state index contributed by atoms with van der Waals surface area (Å²) in [5, 5.41) is 12.7. The lowest BCUT2D eigenvalue weighted by Gasteiger charge is -2.38. The van der Waals surface area contributed by atoms with Crippen molar-refractivity contribution in [1.82, 2.24) is 0 Å². The number of para-hydroxylation sites is 1. The third-order valence-corrected chi connectivity index (χ3v) is 3.61. The van der Waals surface area contributed by atoms with Crippen LogP contribution in [0.15, 0.2) is 30.3 Å². The number of methoxy groups -OCH3 is 1. The molecule has 1 aliphatic carbocycles. The van der Waals surface area contributed by atoms with E-state index < -0.39 is 11.5 Å². The van der Waals surface area contributed by atoms with Crippen molar-refractivity contribution < 1.29 is 14.6 Å². The van der Waals surface area contributed by atoms with Gasteiger partial charge in [-0.2, -0.15) is 0 Å². The summed E-state index contributed by atoms with van der Waals surface area (Å²) >= 11 is 0. The highest BCUT2D eigenvalue weighted by Gasteiger charge is 2.43. The molecule has 2 atom stereocenters. The predicted molar refractivity (Wildman–Crippen MR) is 69.7 cm³/mol. The van der Waals surface area contributed by atoms with Crippen LogP contribution in [0.3, 0.4) is 0 Å². The van der Waals surface area contributed by atoms with Crippen molar-refractivity contribution in [2.45, 2.75) is 37.3 Å². The summed E-state index contributed by atoms with van der Waals surface area (Å²) < 4.78 is 5.33. The van der Waals surface area contributed by atoms with Crippen LogP contribution in [-0.4, -0.2) is 29.8 Å². The van der Waals surface area contributed by atoms with Crippen molar-refractivity contribution in [3.8, 4) is 0 Å². The molecule has 18 heavy (non-hydrogen) atoms. The van der Waals surface area contributed by atoms with Crippen molar-refractivity contribution in [2.24, 2.45) is 0 Å². The second-order valence-electron chi connectivity index (χ2n) is 4.83. The number of nitrogens with one attached hydrogen (secondary N) is 1. The van der Waals surface area contributed by atoms with E-state index in [0.717, 1.165) is 18.5 Å². The quantitative estimate of drug-likeness (QED) is 0.860. The second-order valence-corrected chi connectivity index (χ2v) is 4.83. The van der Waals surface area contributed by atoms with Crippen LogP contribution in [0.1, 0.15) is 25.7 Å². The molecule has 1 aliphatic rings. The second kappa shape index (κ2) is 5.40. The molecule has 1 fully saturated rings. The van der Waals surface area contributed by atoms with Crippen LogP contribution in [0, 0.1) is 0 Å². The van der Waals surface area contributed by atoms with E-state index in [1.165, 1.54) is 0 Å². The number of hydrogen-bond donors (Lipinski definition) is 2. The topological polar surface area (TPSA) is 58.6 Å². The van der Waals surface area contributed by atoms with Crippen molar-refractivity contribution in [3.63, 3.8) is 0 Å². The van der Waals surface area contributed by atoms with Gasteiger partial charge in [-0.3, -0.25) is 0 Å². The average molecular weight is 249 g/mol. The van der Waals surface area contributed by atoms with E-state index in [-0.39, 0.29) is 6.10 Å². The molecule has 1 saturated carbocycles. The van der Waals surface area contributed by atoms with Gasteiger partial charge in [0.1, 0.15) is 5.54 Å².